The number of sulfone groups is 1. The summed E-state index contributed by atoms with van der Waals surface area (Å²) in [4.78, 5) is 4.36. The molecule has 3 aromatic rings. The molecule has 0 saturated heterocycles. The lowest BCUT2D eigenvalue weighted by Crippen LogP contribution is -2.07. The predicted octanol–water partition coefficient (Wildman–Crippen LogP) is 4.43. The Morgan fingerprint density at radius 2 is 1.80 bits per heavy atom. The molecule has 7 heteroatoms. The highest BCUT2D eigenvalue weighted by Crippen LogP contribution is 2.32. The van der Waals surface area contributed by atoms with E-state index >= 15 is 0 Å². The normalized spacial score (nSPS) is 11.2. The first-order chi connectivity index (χ1) is 12.0. The second-order valence-corrected chi connectivity index (χ2v) is 7.45. The Morgan fingerprint density at radius 1 is 1.12 bits per heavy atom. The summed E-state index contributed by atoms with van der Waals surface area (Å²) in [5, 5.41) is 3.29. The van der Waals surface area contributed by atoms with Crippen LogP contribution in [0.1, 0.15) is 0 Å². The first-order valence-electron chi connectivity index (χ1n) is 7.44. The molecule has 0 aliphatic carbocycles. The summed E-state index contributed by atoms with van der Waals surface area (Å²) in [6.45, 7) is 3.95. The van der Waals surface area contributed by atoms with Crippen molar-refractivity contribution in [1.82, 2.24) is 4.98 Å². The highest BCUT2D eigenvalue weighted by molar-refractivity contribution is 7.91. The lowest BCUT2D eigenvalue weighted by Gasteiger charge is -2.03. The second kappa shape index (κ2) is 7.13. The van der Waals surface area contributed by atoms with Gasteiger partial charge in [-0.15, -0.1) is 6.58 Å². The third-order valence-corrected chi connectivity index (χ3v) is 5.33. The van der Waals surface area contributed by atoms with E-state index in [1.54, 1.807) is 48.5 Å². The maximum atomic E-state index is 12.9. The van der Waals surface area contributed by atoms with E-state index in [1.165, 1.54) is 12.1 Å². The molecule has 0 aliphatic rings. The molecule has 25 heavy (non-hydrogen) atoms. The lowest BCUT2D eigenvalue weighted by molar-refractivity contribution is 0.579. The van der Waals surface area contributed by atoms with Gasteiger partial charge in [-0.3, -0.25) is 0 Å². The Morgan fingerprint density at radius 3 is 2.44 bits per heavy atom. The number of hydrogen-bond donors (Lipinski definition) is 1. The van der Waals surface area contributed by atoms with Crippen LogP contribution in [-0.2, 0) is 9.84 Å². The maximum Gasteiger partial charge on any atom is 0.234 e. The van der Waals surface area contributed by atoms with E-state index in [4.69, 9.17) is 16.0 Å². The standard InChI is InChI=1S/C18H15ClN2O3S/c1-2-12-20-17-18(25(22,23)15-6-4-3-5-7-15)21-16(24-17)13-8-10-14(19)11-9-13/h2-11,20H,1,12H2. The summed E-state index contributed by atoms with van der Waals surface area (Å²) < 4.78 is 31.5. The van der Waals surface area contributed by atoms with Crippen molar-refractivity contribution in [3.63, 3.8) is 0 Å². The molecule has 1 N–H and O–H groups in total. The van der Waals surface area contributed by atoms with Gasteiger partial charge in [0.1, 0.15) is 0 Å². The van der Waals surface area contributed by atoms with Gasteiger partial charge >= 0.3 is 0 Å². The lowest BCUT2D eigenvalue weighted by atomic mass is 10.2. The maximum absolute atomic E-state index is 12.9. The van der Waals surface area contributed by atoms with Gasteiger partial charge < -0.3 is 9.73 Å². The van der Waals surface area contributed by atoms with Gasteiger partial charge in [-0.1, -0.05) is 35.9 Å². The van der Waals surface area contributed by atoms with Gasteiger partial charge in [-0.2, -0.15) is 4.98 Å². The molecule has 0 saturated carbocycles. The van der Waals surface area contributed by atoms with Crippen molar-refractivity contribution in [2.24, 2.45) is 0 Å². The van der Waals surface area contributed by atoms with Crippen LogP contribution in [0.15, 0.2) is 81.6 Å². The summed E-state index contributed by atoms with van der Waals surface area (Å²) in [5.74, 6) is 0.270. The fourth-order valence-corrected chi connectivity index (χ4v) is 3.62. The Balaban J connectivity index is 2.11. The van der Waals surface area contributed by atoms with Gasteiger partial charge in [0.15, 0.2) is 0 Å². The summed E-state index contributed by atoms with van der Waals surface area (Å²) in [5.41, 5.74) is 0.626. The SMILES string of the molecule is C=CCNc1oc(-c2ccc(Cl)cc2)nc1S(=O)(=O)c1ccccc1. The van der Waals surface area contributed by atoms with Gasteiger partial charge in [0, 0.05) is 17.1 Å². The number of oxazole rings is 1. The zero-order chi connectivity index (χ0) is 17.9. The van der Waals surface area contributed by atoms with E-state index in [1.807, 2.05) is 0 Å². The second-order valence-electron chi connectivity index (χ2n) is 5.15. The third kappa shape index (κ3) is 3.60. The number of nitrogens with zero attached hydrogens (tertiary/aromatic N) is 1. The minimum absolute atomic E-state index is 0.0775. The molecular formula is C18H15ClN2O3S. The number of halogens is 1. The summed E-state index contributed by atoms with van der Waals surface area (Å²) in [6, 6.07) is 14.9. The minimum atomic E-state index is -3.82. The molecule has 0 atom stereocenters. The van der Waals surface area contributed by atoms with E-state index in [0.29, 0.717) is 17.1 Å². The largest absolute Gasteiger partial charge is 0.419 e. The average molecular weight is 375 g/mol. The van der Waals surface area contributed by atoms with Crippen molar-refractivity contribution in [3.05, 3.63) is 72.3 Å². The first-order valence-corrected chi connectivity index (χ1v) is 9.30. The molecule has 0 spiro atoms. The molecule has 0 unspecified atom stereocenters. The zero-order valence-electron chi connectivity index (χ0n) is 13.1. The number of rotatable bonds is 6. The number of nitrogens with one attached hydrogen (secondary N) is 1. The Kier molecular flexibility index (Phi) is 4.92. The molecule has 128 valence electrons. The van der Waals surface area contributed by atoms with Crippen LogP contribution in [0.25, 0.3) is 11.5 Å². The van der Waals surface area contributed by atoms with E-state index in [9.17, 15) is 8.42 Å². The number of aromatic nitrogens is 1. The van der Waals surface area contributed by atoms with Crippen LogP contribution < -0.4 is 5.32 Å². The fourth-order valence-electron chi connectivity index (χ4n) is 2.19. The minimum Gasteiger partial charge on any atom is -0.419 e. The van der Waals surface area contributed by atoms with E-state index in [0.717, 1.165) is 0 Å². The Bertz CT molecular complexity index is 981. The fraction of sp³-hybridized carbons (Fsp3) is 0.0556. The third-order valence-electron chi connectivity index (χ3n) is 3.40. The van der Waals surface area contributed by atoms with Crippen molar-refractivity contribution < 1.29 is 12.8 Å². The quantitative estimate of drug-likeness (QED) is 0.646. The van der Waals surface area contributed by atoms with Crippen LogP contribution in [0.3, 0.4) is 0 Å². The average Bonchev–Trinajstić information content (AvgIpc) is 3.06. The van der Waals surface area contributed by atoms with Crippen LogP contribution in [0, 0.1) is 0 Å². The van der Waals surface area contributed by atoms with Crippen LogP contribution in [0.5, 0.6) is 0 Å². The number of benzene rings is 2. The van der Waals surface area contributed by atoms with Crippen molar-refractivity contribution in [3.8, 4) is 11.5 Å². The van der Waals surface area contributed by atoms with Crippen molar-refractivity contribution in [2.75, 3.05) is 11.9 Å². The summed E-state index contributed by atoms with van der Waals surface area (Å²) in [7, 11) is -3.82. The van der Waals surface area contributed by atoms with Gasteiger partial charge in [-0.25, -0.2) is 8.42 Å². The Labute approximate surface area is 150 Å². The molecule has 2 aromatic carbocycles. The zero-order valence-corrected chi connectivity index (χ0v) is 14.7. The summed E-state index contributed by atoms with van der Waals surface area (Å²) >= 11 is 5.89. The molecule has 1 heterocycles. The molecule has 0 amide bonds. The molecule has 1 aromatic heterocycles. The highest BCUT2D eigenvalue weighted by atomic mass is 35.5. The van der Waals surface area contributed by atoms with E-state index < -0.39 is 9.84 Å². The molecule has 0 radical (unpaired) electrons. The van der Waals surface area contributed by atoms with E-state index in [-0.39, 0.29) is 21.7 Å². The van der Waals surface area contributed by atoms with Crippen molar-refractivity contribution in [1.29, 1.82) is 0 Å². The van der Waals surface area contributed by atoms with Crippen LogP contribution in [-0.4, -0.2) is 19.9 Å². The van der Waals surface area contributed by atoms with Crippen molar-refractivity contribution >= 4 is 27.3 Å². The Hall–Kier alpha value is -2.57. The smallest absolute Gasteiger partial charge is 0.234 e. The van der Waals surface area contributed by atoms with Crippen LogP contribution in [0.4, 0.5) is 5.88 Å². The molecule has 5 nitrogen and oxygen atoms in total. The molecule has 3 rings (SSSR count). The summed E-state index contributed by atoms with van der Waals surface area (Å²) in [6.07, 6.45) is 1.60. The topological polar surface area (TPSA) is 72.2 Å². The molecule has 0 bridgehead atoms. The molecule has 0 fully saturated rings. The molecular weight excluding hydrogens is 360 g/mol. The van der Waals surface area contributed by atoms with Gasteiger partial charge in [-0.05, 0) is 36.4 Å². The number of anilines is 1. The van der Waals surface area contributed by atoms with E-state index in [2.05, 4.69) is 16.9 Å². The first kappa shape index (κ1) is 17.3. The van der Waals surface area contributed by atoms with Crippen LogP contribution >= 0.6 is 11.6 Å². The van der Waals surface area contributed by atoms with Gasteiger partial charge in [0.05, 0.1) is 4.90 Å². The monoisotopic (exact) mass is 374 g/mol. The van der Waals surface area contributed by atoms with Crippen molar-refractivity contribution in [2.45, 2.75) is 9.92 Å². The highest BCUT2D eigenvalue weighted by Gasteiger charge is 2.28. The predicted molar refractivity (Wildman–Crippen MR) is 97.5 cm³/mol. The van der Waals surface area contributed by atoms with Crippen LogP contribution in [0.2, 0.25) is 5.02 Å². The van der Waals surface area contributed by atoms with Gasteiger partial charge in [0.25, 0.3) is 0 Å². The van der Waals surface area contributed by atoms with Gasteiger partial charge in [0.2, 0.25) is 26.6 Å². The molecule has 0 aliphatic heterocycles. The number of hydrogen-bond acceptors (Lipinski definition) is 5.